The van der Waals surface area contributed by atoms with E-state index < -0.39 is 0 Å². The predicted octanol–water partition coefficient (Wildman–Crippen LogP) is 4.84. The van der Waals surface area contributed by atoms with Crippen LogP contribution in [0.5, 0.6) is 0 Å². The molecule has 24 heavy (non-hydrogen) atoms. The number of hydrogen-bond donors (Lipinski definition) is 1. The van der Waals surface area contributed by atoms with E-state index in [4.69, 9.17) is 28.8 Å². The molecular formula is C18H18ClN3S2. The van der Waals surface area contributed by atoms with Gasteiger partial charge in [0.1, 0.15) is 0 Å². The summed E-state index contributed by atoms with van der Waals surface area (Å²) in [5.74, 6) is 0. The summed E-state index contributed by atoms with van der Waals surface area (Å²) in [6.45, 7) is 3.75. The molecule has 0 amide bonds. The van der Waals surface area contributed by atoms with Crippen molar-refractivity contribution in [1.29, 1.82) is 0 Å². The average molecular weight is 376 g/mol. The lowest BCUT2D eigenvalue weighted by Crippen LogP contribution is -2.40. The van der Waals surface area contributed by atoms with Gasteiger partial charge >= 0.3 is 0 Å². The predicted molar refractivity (Wildman–Crippen MR) is 108 cm³/mol. The summed E-state index contributed by atoms with van der Waals surface area (Å²) in [5, 5.41) is 6.13. The zero-order valence-corrected chi connectivity index (χ0v) is 15.7. The van der Waals surface area contributed by atoms with E-state index in [0.717, 1.165) is 17.4 Å². The van der Waals surface area contributed by atoms with Gasteiger partial charge in [-0.05, 0) is 42.0 Å². The number of nitrogens with zero attached hydrogens (tertiary/aromatic N) is 2. The Morgan fingerprint density at radius 2 is 1.96 bits per heavy atom. The van der Waals surface area contributed by atoms with Crippen molar-refractivity contribution < 1.29 is 0 Å². The molecule has 1 saturated heterocycles. The van der Waals surface area contributed by atoms with Gasteiger partial charge in [-0.15, -0.1) is 0 Å². The summed E-state index contributed by atoms with van der Waals surface area (Å²) in [5.41, 5.74) is 2.09. The van der Waals surface area contributed by atoms with E-state index in [2.05, 4.69) is 29.3 Å². The van der Waals surface area contributed by atoms with Gasteiger partial charge in [-0.25, -0.2) is 4.99 Å². The molecule has 3 rings (SSSR count). The Bertz CT molecular complexity index is 732. The van der Waals surface area contributed by atoms with Crippen LogP contribution in [0.3, 0.4) is 0 Å². The van der Waals surface area contributed by atoms with Crippen LogP contribution in [0.25, 0.3) is 0 Å². The standard InChI is InChI=1S/C18H18ClN3S2/c1-13-12-22(17(23)20-11-14-5-3-2-4-6-14)18(24-13)21-16-9-7-15(19)8-10-16/h2-10,13H,11-12H2,1H3,(H,20,23). The highest BCUT2D eigenvalue weighted by Crippen LogP contribution is 2.28. The van der Waals surface area contributed by atoms with Gasteiger partial charge in [0.05, 0.1) is 5.69 Å². The van der Waals surface area contributed by atoms with Crippen LogP contribution >= 0.6 is 35.6 Å². The number of aliphatic imine (C=N–C) groups is 1. The fraction of sp³-hybridized carbons (Fsp3) is 0.222. The van der Waals surface area contributed by atoms with Crippen molar-refractivity contribution in [3.05, 3.63) is 65.2 Å². The smallest absolute Gasteiger partial charge is 0.175 e. The Kier molecular flexibility index (Phi) is 5.76. The summed E-state index contributed by atoms with van der Waals surface area (Å²) < 4.78 is 0. The van der Waals surface area contributed by atoms with Crippen LogP contribution in [0.15, 0.2) is 59.6 Å². The molecule has 0 bridgehead atoms. The average Bonchev–Trinajstić information content (AvgIpc) is 2.96. The van der Waals surface area contributed by atoms with Gasteiger partial charge in [0.25, 0.3) is 0 Å². The van der Waals surface area contributed by atoms with E-state index in [1.54, 1.807) is 11.8 Å². The number of hydrogen-bond acceptors (Lipinski definition) is 3. The molecule has 6 heteroatoms. The van der Waals surface area contributed by atoms with Crippen LogP contribution in [-0.2, 0) is 6.54 Å². The summed E-state index contributed by atoms with van der Waals surface area (Å²) in [7, 11) is 0. The maximum absolute atomic E-state index is 5.94. The topological polar surface area (TPSA) is 27.6 Å². The highest BCUT2D eigenvalue weighted by molar-refractivity contribution is 8.14. The first-order chi connectivity index (χ1) is 11.6. The minimum atomic E-state index is 0.451. The first kappa shape index (κ1) is 17.3. The number of thioether (sulfide) groups is 1. The van der Waals surface area contributed by atoms with Gasteiger partial charge in [0.15, 0.2) is 10.3 Å². The van der Waals surface area contributed by atoms with Gasteiger partial charge in [-0.1, -0.05) is 60.6 Å². The lowest BCUT2D eigenvalue weighted by molar-refractivity contribution is 0.613. The molecule has 2 aromatic rings. The van der Waals surface area contributed by atoms with E-state index in [1.807, 2.05) is 42.5 Å². The molecule has 0 aliphatic carbocycles. The molecule has 1 fully saturated rings. The first-order valence-electron chi connectivity index (χ1n) is 7.72. The molecule has 124 valence electrons. The fourth-order valence-corrected chi connectivity index (χ4v) is 3.82. The highest BCUT2D eigenvalue weighted by Gasteiger charge is 2.28. The summed E-state index contributed by atoms with van der Waals surface area (Å²) in [6.07, 6.45) is 0. The Balaban J connectivity index is 1.70. The van der Waals surface area contributed by atoms with Crippen molar-refractivity contribution in [2.24, 2.45) is 4.99 Å². The van der Waals surface area contributed by atoms with Crippen LogP contribution in [-0.4, -0.2) is 27.0 Å². The lowest BCUT2D eigenvalue weighted by atomic mass is 10.2. The largest absolute Gasteiger partial charge is 0.358 e. The van der Waals surface area contributed by atoms with Gasteiger partial charge in [-0.2, -0.15) is 0 Å². The number of benzene rings is 2. The van der Waals surface area contributed by atoms with E-state index in [1.165, 1.54) is 5.56 Å². The van der Waals surface area contributed by atoms with E-state index in [-0.39, 0.29) is 0 Å². The van der Waals surface area contributed by atoms with Crippen LogP contribution in [0, 0.1) is 0 Å². The number of amidine groups is 1. The van der Waals surface area contributed by atoms with Crippen LogP contribution in [0.1, 0.15) is 12.5 Å². The Labute approximate surface area is 157 Å². The zero-order valence-electron chi connectivity index (χ0n) is 13.3. The van der Waals surface area contributed by atoms with Crippen molar-refractivity contribution in [3.8, 4) is 0 Å². The Hall–Kier alpha value is -1.56. The van der Waals surface area contributed by atoms with Gasteiger partial charge in [0.2, 0.25) is 0 Å². The number of rotatable bonds is 3. The molecule has 0 spiro atoms. The second kappa shape index (κ2) is 8.01. The molecule has 0 aromatic heterocycles. The second-order valence-electron chi connectivity index (χ2n) is 5.55. The second-order valence-corrected chi connectivity index (χ2v) is 7.78. The first-order valence-corrected chi connectivity index (χ1v) is 9.38. The third-order valence-electron chi connectivity index (χ3n) is 3.56. The summed E-state index contributed by atoms with van der Waals surface area (Å²) in [4.78, 5) is 6.80. The lowest BCUT2D eigenvalue weighted by Gasteiger charge is -2.20. The summed E-state index contributed by atoms with van der Waals surface area (Å²) >= 11 is 13.3. The molecule has 1 heterocycles. The Morgan fingerprint density at radius 3 is 2.67 bits per heavy atom. The fourth-order valence-electron chi connectivity index (χ4n) is 2.37. The Morgan fingerprint density at radius 1 is 1.25 bits per heavy atom. The minimum absolute atomic E-state index is 0.451. The van der Waals surface area contributed by atoms with Crippen molar-refractivity contribution in [1.82, 2.24) is 10.2 Å². The van der Waals surface area contributed by atoms with Gasteiger partial charge in [-0.3, -0.25) is 4.90 Å². The highest BCUT2D eigenvalue weighted by atomic mass is 35.5. The van der Waals surface area contributed by atoms with Gasteiger partial charge in [0, 0.05) is 23.4 Å². The number of nitrogens with one attached hydrogen (secondary N) is 1. The molecule has 1 unspecified atom stereocenters. The summed E-state index contributed by atoms with van der Waals surface area (Å²) in [6, 6.07) is 17.8. The molecule has 0 radical (unpaired) electrons. The molecule has 1 N–H and O–H groups in total. The molecule has 2 aromatic carbocycles. The quantitative estimate of drug-likeness (QED) is 0.777. The van der Waals surface area contributed by atoms with Crippen molar-refractivity contribution >= 4 is 51.5 Å². The molecule has 0 saturated carbocycles. The van der Waals surface area contributed by atoms with E-state index in [9.17, 15) is 0 Å². The SMILES string of the molecule is CC1CN(C(=S)NCc2ccccc2)C(=Nc2ccc(Cl)cc2)S1. The number of halogens is 1. The van der Waals surface area contributed by atoms with Crippen LogP contribution in [0.2, 0.25) is 5.02 Å². The number of thiocarbonyl (C=S) groups is 1. The normalized spacial score (nSPS) is 18.8. The third kappa shape index (κ3) is 4.50. The monoisotopic (exact) mass is 375 g/mol. The van der Waals surface area contributed by atoms with Crippen LogP contribution < -0.4 is 5.32 Å². The van der Waals surface area contributed by atoms with Crippen molar-refractivity contribution in [2.75, 3.05) is 6.54 Å². The third-order valence-corrected chi connectivity index (χ3v) is 5.25. The van der Waals surface area contributed by atoms with E-state index >= 15 is 0 Å². The minimum Gasteiger partial charge on any atom is -0.358 e. The molecule has 1 atom stereocenters. The molecular weight excluding hydrogens is 358 g/mol. The molecule has 1 aliphatic heterocycles. The zero-order chi connectivity index (χ0) is 16.9. The molecule has 1 aliphatic rings. The molecule has 3 nitrogen and oxygen atoms in total. The van der Waals surface area contributed by atoms with E-state index in [0.29, 0.717) is 21.9 Å². The van der Waals surface area contributed by atoms with Gasteiger partial charge < -0.3 is 5.32 Å². The van der Waals surface area contributed by atoms with Crippen LogP contribution in [0.4, 0.5) is 5.69 Å². The van der Waals surface area contributed by atoms with Crippen molar-refractivity contribution in [3.63, 3.8) is 0 Å². The maximum Gasteiger partial charge on any atom is 0.175 e. The van der Waals surface area contributed by atoms with Crippen molar-refractivity contribution in [2.45, 2.75) is 18.7 Å². The maximum atomic E-state index is 5.94.